The number of hydrogen-bond donors (Lipinski definition) is 1. The fourth-order valence-corrected chi connectivity index (χ4v) is 4.07. The van der Waals surface area contributed by atoms with Gasteiger partial charge in [0.25, 0.3) is 0 Å². The van der Waals surface area contributed by atoms with Crippen molar-refractivity contribution in [3.63, 3.8) is 0 Å². The standard InChI is InChI=1S/C27H23FN8O2/c1-16(2)35-15-20-10-21(5-7-24(20)33-35)31-25-32-26(37)36(22-8-17(3)12-30-13-22)27(38)34(25)14-18-4-6-23(28)19(9-18)11-29/h4-10,12-13,15-16H,14H2,1-3H3,(H,31,32,37). The Hall–Kier alpha value is -5.11. The summed E-state index contributed by atoms with van der Waals surface area (Å²) in [6.45, 7) is 5.78. The third-order valence-corrected chi connectivity index (χ3v) is 5.99. The van der Waals surface area contributed by atoms with E-state index in [1.807, 2.05) is 36.9 Å². The lowest BCUT2D eigenvalue weighted by Crippen LogP contribution is -2.41. The molecule has 0 saturated heterocycles. The molecule has 2 aromatic carbocycles. The highest BCUT2D eigenvalue weighted by Gasteiger charge is 2.17. The van der Waals surface area contributed by atoms with E-state index in [0.717, 1.165) is 21.0 Å². The van der Waals surface area contributed by atoms with Crippen LogP contribution in [0.15, 0.2) is 70.6 Å². The van der Waals surface area contributed by atoms with E-state index in [4.69, 9.17) is 0 Å². The topological polar surface area (TPSA) is 123 Å². The molecular weight excluding hydrogens is 487 g/mol. The van der Waals surface area contributed by atoms with E-state index in [9.17, 15) is 19.2 Å². The Morgan fingerprint density at radius 1 is 1.11 bits per heavy atom. The average Bonchev–Trinajstić information content (AvgIpc) is 3.31. The zero-order chi connectivity index (χ0) is 27.0. The fraction of sp³-hybridized carbons (Fsp3) is 0.185. The maximum atomic E-state index is 13.9. The van der Waals surface area contributed by atoms with Gasteiger partial charge >= 0.3 is 11.4 Å². The Morgan fingerprint density at radius 3 is 2.66 bits per heavy atom. The highest BCUT2D eigenvalue weighted by molar-refractivity contribution is 5.82. The number of rotatable bonds is 6. The molecule has 0 saturated carbocycles. The minimum atomic E-state index is -0.785. The Bertz CT molecular complexity index is 1850. The lowest BCUT2D eigenvalue weighted by Gasteiger charge is -2.16. The molecule has 3 heterocycles. The van der Waals surface area contributed by atoms with Crippen LogP contribution in [0.1, 0.15) is 36.6 Å². The molecule has 3 aromatic heterocycles. The Kier molecular flexibility index (Phi) is 6.30. The van der Waals surface area contributed by atoms with Crippen LogP contribution in [-0.4, -0.2) is 28.9 Å². The molecule has 0 aliphatic heterocycles. The second-order valence-electron chi connectivity index (χ2n) is 9.17. The smallest absolute Gasteiger partial charge is 0.325 e. The van der Waals surface area contributed by atoms with Crippen molar-refractivity contribution >= 4 is 22.5 Å². The van der Waals surface area contributed by atoms with Gasteiger partial charge in [-0.25, -0.2) is 18.5 Å². The van der Waals surface area contributed by atoms with Crippen LogP contribution in [-0.2, 0) is 6.54 Å². The van der Waals surface area contributed by atoms with E-state index in [0.29, 0.717) is 11.3 Å². The first-order valence-corrected chi connectivity index (χ1v) is 11.8. The minimum absolute atomic E-state index is 0.00436. The van der Waals surface area contributed by atoms with Crippen LogP contribution in [0, 0.1) is 24.1 Å². The number of nitrogens with one attached hydrogen (secondary N) is 1. The van der Waals surface area contributed by atoms with Crippen molar-refractivity contribution in [1.29, 1.82) is 5.26 Å². The van der Waals surface area contributed by atoms with E-state index in [-0.39, 0.29) is 29.8 Å². The van der Waals surface area contributed by atoms with Gasteiger partial charge in [-0.2, -0.15) is 15.3 Å². The summed E-state index contributed by atoms with van der Waals surface area (Å²) in [5, 5.41) is 17.7. The number of aromatic nitrogens is 6. The molecule has 0 aliphatic carbocycles. The minimum Gasteiger partial charge on any atom is -0.325 e. The van der Waals surface area contributed by atoms with Gasteiger partial charge < -0.3 is 5.32 Å². The van der Waals surface area contributed by atoms with Crippen LogP contribution in [0.5, 0.6) is 0 Å². The molecule has 0 fully saturated rings. The highest BCUT2D eigenvalue weighted by atomic mass is 19.1. The quantitative estimate of drug-likeness (QED) is 0.368. The molecule has 0 spiro atoms. The number of pyridine rings is 1. The van der Waals surface area contributed by atoms with Crippen molar-refractivity contribution in [2.24, 2.45) is 0 Å². The summed E-state index contributed by atoms with van der Waals surface area (Å²) in [5.41, 5.74) is 1.29. The first-order chi connectivity index (χ1) is 18.2. The van der Waals surface area contributed by atoms with Crippen LogP contribution < -0.4 is 16.7 Å². The molecule has 0 aliphatic rings. The molecule has 5 aromatic rings. The Morgan fingerprint density at radius 2 is 1.92 bits per heavy atom. The maximum Gasteiger partial charge on any atom is 0.359 e. The zero-order valence-corrected chi connectivity index (χ0v) is 20.9. The molecule has 10 nitrogen and oxygen atoms in total. The van der Waals surface area contributed by atoms with Crippen LogP contribution in [0.25, 0.3) is 16.6 Å². The predicted octanol–water partition coefficient (Wildman–Crippen LogP) is 3.83. The second kappa shape index (κ2) is 9.74. The van der Waals surface area contributed by atoms with Gasteiger partial charge in [0.2, 0.25) is 5.95 Å². The van der Waals surface area contributed by atoms with Gasteiger partial charge in [-0.3, -0.25) is 14.2 Å². The Balaban J connectivity index is 1.64. The SMILES string of the molecule is Cc1cncc(-n2c(=O)nc(Nc3ccc4nn(C(C)C)cc4c3)n(Cc3ccc(F)c(C#N)c3)c2=O)c1. The summed E-state index contributed by atoms with van der Waals surface area (Å²) >= 11 is 0. The fourth-order valence-electron chi connectivity index (χ4n) is 4.07. The normalized spacial score (nSPS) is 11.2. The summed E-state index contributed by atoms with van der Waals surface area (Å²) in [4.78, 5) is 35.0. The highest BCUT2D eigenvalue weighted by Crippen LogP contribution is 2.22. The van der Waals surface area contributed by atoms with Crippen LogP contribution in [0.3, 0.4) is 0 Å². The van der Waals surface area contributed by atoms with Gasteiger partial charge in [0.1, 0.15) is 11.9 Å². The molecular formula is C27H23FN8O2. The van der Waals surface area contributed by atoms with Gasteiger partial charge in [0.15, 0.2) is 0 Å². The van der Waals surface area contributed by atoms with Crippen LogP contribution in [0.4, 0.5) is 16.0 Å². The number of fused-ring (bicyclic) bond motifs is 1. The number of halogens is 1. The Labute approximate surface area is 216 Å². The number of benzene rings is 2. The summed E-state index contributed by atoms with van der Waals surface area (Å²) in [6, 6.07) is 13.1. The first-order valence-electron chi connectivity index (χ1n) is 11.8. The maximum absolute atomic E-state index is 13.9. The van der Waals surface area contributed by atoms with E-state index in [1.54, 1.807) is 31.3 Å². The number of nitriles is 1. The van der Waals surface area contributed by atoms with Crippen LogP contribution in [0.2, 0.25) is 0 Å². The number of anilines is 2. The third kappa shape index (κ3) is 4.67. The molecule has 38 heavy (non-hydrogen) atoms. The second-order valence-corrected chi connectivity index (χ2v) is 9.17. The summed E-state index contributed by atoms with van der Waals surface area (Å²) in [7, 11) is 0. The summed E-state index contributed by atoms with van der Waals surface area (Å²) in [6.07, 6.45) is 4.92. The van der Waals surface area contributed by atoms with Crippen molar-refractivity contribution < 1.29 is 4.39 Å². The largest absolute Gasteiger partial charge is 0.359 e. The molecule has 0 unspecified atom stereocenters. The number of aryl methyl sites for hydroxylation is 1. The van der Waals surface area contributed by atoms with Crippen molar-refractivity contribution in [3.05, 3.63) is 105 Å². The molecule has 0 bridgehead atoms. The average molecular weight is 511 g/mol. The van der Waals surface area contributed by atoms with Crippen molar-refractivity contribution in [2.75, 3.05) is 5.32 Å². The molecule has 0 atom stereocenters. The monoisotopic (exact) mass is 510 g/mol. The lowest BCUT2D eigenvalue weighted by molar-refractivity contribution is 0.537. The third-order valence-electron chi connectivity index (χ3n) is 5.99. The van der Waals surface area contributed by atoms with E-state index in [2.05, 4.69) is 20.4 Å². The van der Waals surface area contributed by atoms with Gasteiger partial charge in [-0.1, -0.05) is 6.07 Å². The van der Waals surface area contributed by atoms with Gasteiger partial charge in [0.05, 0.1) is 29.5 Å². The summed E-state index contributed by atoms with van der Waals surface area (Å²) in [5.74, 6) is -0.665. The van der Waals surface area contributed by atoms with E-state index in [1.165, 1.54) is 29.0 Å². The summed E-state index contributed by atoms with van der Waals surface area (Å²) < 4.78 is 18.0. The van der Waals surface area contributed by atoms with E-state index >= 15 is 0 Å². The molecule has 0 radical (unpaired) electrons. The van der Waals surface area contributed by atoms with E-state index < -0.39 is 17.2 Å². The molecule has 11 heteroatoms. The van der Waals surface area contributed by atoms with Crippen molar-refractivity contribution in [3.8, 4) is 11.8 Å². The number of hydrogen-bond acceptors (Lipinski definition) is 7. The van der Waals surface area contributed by atoms with Crippen molar-refractivity contribution in [2.45, 2.75) is 33.4 Å². The lowest BCUT2D eigenvalue weighted by atomic mass is 10.1. The van der Waals surface area contributed by atoms with Gasteiger partial charge in [-0.15, -0.1) is 0 Å². The predicted molar refractivity (Wildman–Crippen MR) is 140 cm³/mol. The molecule has 1 N–H and O–H groups in total. The van der Waals surface area contributed by atoms with Gasteiger partial charge in [0, 0.05) is 29.5 Å². The van der Waals surface area contributed by atoms with Crippen LogP contribution >= 0.6 is 0 Å². The zero-order valence-electron chi connectivity index (χ0n) is 20.9. The van der Waals surface area contributed by atoms with Gasteiger partial charge in [-0.05, 0) is 68.3 Å². The molecule has 5 rings (SSSR count). The number of nitrogens with zero attached hydrogens (tertiary/aromatic N) is 7. The van der Waals surface area contributed by atoms with Crippen molar-refractivity contribution in [1.82, 2.24) is 28.9 Å². The first kappa shape index (κ1) is 24.6. The molecule has 0 amide bonds. The molecule has 190 valence electrons.